The van der Waals surface area contributed by atoms with Crippen molar-refractivity contribution in [3.05, 3.63) is 70.8 Å². The highest BCUT2D eigenvalue weighted by Gasteiger charge is 2.95. The van der Waals surface area contributed by atoms with Crippen molar-refractivity contribution in [2.24, 2.45) is 34.0 Å². The number of methoxy groups -OCH3 is 1. The van der Waals surface area contributed by atoms with E-state index in [1.807, 2.05) is 31.0 Å². The quantitative estimate of drug-likeness (QED) is 0.132. The minimum absolute atomic E-state index is 0.0790. The first-order valence-corrected chi connectivity index (χ1v) is 26.1. The molecule has 4 amide bonds. The van der Waals surface area contributed by atoms with Gasteiger partial charge in [0.2, 0.25) is 11.8 Å². The SMILES string of the molecule is C=CC(=O)N(C)CC1CCN(C(=O)N(C)[C@H](C(=O)C23CC2[C@@]32Cc3nc(cs3)-c3ccc4c(c3)c3c(n4CC)-c4cccnc4[C@@](C)(OC)C3C(C)(C)COC(=O)[C@@H]3CCCN(N3)C2=O)C(C)C)CC1. The number of hydrazine groups is 1. The first-order chi connectivity index (χ1) is 33.4. The fourth-order valence-corrected chi connectivity index (χ4v) is 14.5. The highest BCUT2D eigenvalue weighted by Crippen LogP contribution is 2.89. The number of aromatic nitrogens is 3. The molecule has 3 unspecified atom stereocenters. The molecule has 4 aromatic rings. The van der Waals surface area contributed by atoms with Crippen LogP contribution >= 0.6 is 11.3 Å². The number of benzene rings is 1. The van der Waals surface area contributed by atoms with E-state index in [1.165, 1.54) is 17.4 Å². The first-order valence-electron chi connectivity index (χ1n) is 25.2. The van der Waals surface area contributed by atoms with Gasteiger partial charge in [-0.25, -0.2) is 15.2 Å². The van der Waals surface area contributed by atoms with Gasteiger partial charge in [-0.3, -0.25) is 29.2 Å². The van der Waals surface area contributed by atoms with E-state index in [1.54, 1.807) is 36.0 Å². The highest BCUT2D eigenvalue weighted by atomic mass is 32.1. The standard InChI is InChI=1S/C54H68N8O7S/c1-11-41(63)58(8)28-32-19-23-60(24-20-32)50(67)59(9)43(31(3)4)47(64)53-26-39(53)54(53)27-40-56-37(29-70-40)33-17-18-38-35(25-33)42-44(61(38)12-2)34-15-13-21-55-46(34)52(7,68-10)45(42)51(5,6)30-69-48(65)36-16-14-22-62(57-36)49(54)66/h11,13,15,17-18,21,25,29,31-32,36,39,43,45,57H,1,12,14,16,19-20,22-24,26-28,30H2,2-10H3/t36-,39?,43-,45?,52-,53?,54+/m0/s1. The number of nitrogens with zero attached hydrogens (tertiary/aromatic N) is 7. The van der Waals surface area contributed by atoms with Crippen molar-refractivity contribution >= 4 is 51.8 Å². The number of carbonyl (C=O) groups excluding carboxylic acids is 5. The van der Waals surface area contributed by atoms with Crippen LogP contribution in [0.1, 0.15) is 95.8 Å². The molecule has 4 fully saturated rings. The fraction of sp³-hybridized carbons (Fsp3) is 0.574. The van der Waals surface area contributed by atoms with E-state index in [4.69, 9.17) is 19.4 Å². The number of carbonyl (C=O) groups is 5. The number of nitrogens with one attached hydrogen (secondary N) is 1. The van der Waals surface area contributed by atoms with E-state index in [0.29, 0.717) is 52.0 Å². The van der Waals surface area contributed by atoms with Gasteiger partial charge in [0.15, 0.2) is 5.78 Å². The summed E-state index contributed by atoms with van der Waals surface area (Å²) in [7, 11) is 5.21. The Kier molecular flexibility index (Phi) is 12.0. The molecule has 1 spiro atoms. The molecule has 7 atom stereocenters. The number of hydrogen-bond acceptors (Lipinski definition) is 11. The average Bonchev–Trinajstić information content (AvgIpc) is 4.12. The highest BCUT2D eigenvalue weighted by molar-refractivity contribution is 7.10. The van der Waals surface area contributed by atoms with Crippen LogP contribution in [0.3, 0.4) is 0 Å². The van der Waals surface area contributed by atoms with Gasteiger partial charge in [-0.1, -0.05) is 40.3 Å². The monoisotopic (exact) mass is 972 g/mol. The van der Waals surface area contributed by atoms with Crippen molar-refractivity contribution in [1.82, 2.24) is 39.7 Å². The first kappa shape index (κ1) is 48.2. The van der Waals surface area contributed by atoms with Crippen LogP contribution < -0.4 is 5.43 Å². The molecule has 10 rings (SSSR count). The number of urea groups is 1. The Bertz CT molecular complexity index is 2810. The van der Waals surface area contributed by atoms with Crippen molar-refractivity contribution < 1.29 is 33.4 Å². The second kappa shape index (κ2) is 17.4. The molecule has 372 valence electrons. The number of hydrogen-bond donors (Lipinski definition) is 1. The summed E-state index contributed by atoms with van der Waals surface area (Å²) < 4.78 is 15.3. The number of fused-ring (bicyclic) bond motifs is 11. The number of rotatable bonds is 9. The molecule has 6 aliphatic rings. The fourth-order valence-electron chi connectivity index (χ4n) is 13.6. The van der Waals surface area contributed by atoms with Crippen molar-refractivity contribution in [2.75, 3.05) is 54.0 Å². The number of aryl methyl sites for hydroxylation is 1. The maximum atomic E-state index is 15.4. The van der Waals surface area contributed by atoms with Gasteiger partial charge in [0.05, 0.1) is 45.6 Å². The topological polar surface area (TPSA) is 160 Å². The Morgan fingerprint density at radius 2 is 1.84 bits per heavy atom. The Hall–Kier alpha value is -5.45. The Morgan fingerprint density at radius 1 is 1.09 bits per heavy atom. The second-order valence-electron chi connectivity index (χ2n) is 22.1. The minimum Gasteiger partial charge on any atom is -0.464 e. The van der Waals surface area contributed by atoms with Gasteiger partial charge in [-0.15, -0.1) is 11.3 Å². The summed E-state index contributed by atoms with van der Waals surface area (Å²) in [6.45, 7) is 18.8. The number of pyridine rings is 1. The van der Waals surface area contributed by atoms with Crippen LogP contribution in [0.25, 0.3) is 33.4 Å². The van der Waals surface area contributed by atoms with Gasteiger partial charge < -0.3 is 28.7 Å². The zero-order valence-electron chi connectivity index (χ0n) is 42.2. The molecule has 6 heterocycles. The van der Waals surface area contributed by atoms with Crippen molar-refractivity contribution in [3.63, 3.8) is 0 Å². The largest absolute Gasteiger partial charge is 0.464 e. The van der Waals surface area contributed by atoms with Gasteiger partial charge in [-0.05, 0) is 99.6 Å². The molecule has 3 aliphatic heterocycles. The molecule has 1 aromatic carbocycles. The molecule has 16 heteroatoms. The van der Waals surface area contributed by atoms with Gasteiger partial charge >= 0.3 is 12.0 Å². The van der Waals surface area contributed by atoms with Crippen LogP contribution in [0.2, 0.25) is 0 Å². The van der Waals surface area contributed by atoms with Crippen LogP contribution in [0, 0.1) is 34.0 Å². The lowest BCUT2D eigenvalue weighted by Gasteiger charge is -2.48. The Labute approximate surface area is 414 Å². The maximum Gasteiger partial charge on any atom is 0.324 e. The van der Waals surface area contributed by atoms with E-state index in [2.05, 4.69) is 73.9 Å². The third-order valence-electron chi connectivity index (χ3n) is 17.3. The van der Waals surface area contributed by atoms with Gasteiger partial charge in [0.1, 0.15) is 11.6 Å². The Morgan fingerprint density at radius 3 is 2.53 bits per heavy atom. The van der Waals surface area contributed by atoms with Crippen LogP contribution in [-0.4, -0.2) is 130 Å². The van der Waals surface area contributed by atoms with Crippen LogP contribution in [0.5, 0.6) is 0 Å². The molecule has 2 saturated heterocycles. The lowest BCUT2D eigenvalue weighted by atomic mass is 9.61. The van der Waals surface area contributed by atoms with E-state index in [0.717, 1.165) is 62.5 Å². The third-order valence-corrected chi connectivity index (χ3v) is 18.1. The predicted molar refractivity (Wildman–Crippen MR) is 267 cm³/mol. The summed E-state index contributed by atoms with van der Waals surface area (Å²) >= 11 is 1.50. The number of likely N-dealkylation sites (N-methyl/N-ethyl adjacent to an activating group) is 2. The van der Waals surface area contributed by atoms with E-state index >= 15 is 9.59 Å². The summed E-state index contributed by atoms with van der Waals surface area (Å²) in [5.41, 5.74) is 6.48. The van der Waals surface area contributed by atoms with Gasteiger partial charge in [0.25, 0.3) is 0 Å². The average molecular weight is 973 g/mol. The van der Waals surface area contributed by atoms with E-state index in [9.17, 15) is 14.4 Å². The molecule has 6 bridgehead atoms. The normalized spacial score (nSPS) is 28.4. The molecule has 15 nitrogen and oxygen atoms in total. The number of piperidine rings is 1. The molecule has 0 radical (unpaired) electrons. The summed E-state index contributed by atoms with van der Waals surface area (Å²) in [6.07, 6.45) is 6.47. The Balaban J connectivity index is 1.01. The second-order valence-corrected chi connectivity index (χ2v) is 23.0. The number of ether oxygens (including phenoxy) is 2. The van der Waals surface area contributed by atoms with Gasteiger partial charge in [0, 0.05) is 105 Å². The van der Waals surface area contributed by atoms with Crippen molar-refractivity contribution in [3.8, 4) is 22.5 Å². The van der Waals surface area contributed by atoms with E-state index in [-0.39, 0.29) is 60.3 Å². The van der Waals surface area contributed by atoms with E-state index < -0.39 is 39.9 Å². The molecular formula is C54H68N8O7S. The number of amides is 4. The number of Topliss-reactive ketones (excluding diaryl/α,β-unsaturated/α-hetero) is 1. The molecule has 1 N–H and O–H groups in total. The predicted octanol–water partition coefficient (Wildman–Crippen LogP) is 7.43. The summed E-state index contributed by atoms with van der Waals surface area (Å²) in [6, 6.07) is 8.84. The van der Waals surface area contributed by atoms with Crippen LogP contribution in [0.4, 0.5) is 4.79 Å². The number of ketones is 1. The smallest absolute Gasteiger partial charge is 0.324 e. The minimum atomic E-state index is -1.10. The molecule has 70 heavy (non-hydrogen) atoms. The van der Waals surface area contributed by atoms with Crippen LogP contribution in [0.15, 0.2) is 54.6 Å². The lowest BCUT2D eigenvalue weighted by Crippen LogP contribution is -2.60. The number of esters is 1. The zero-order valence-corrected chi connectivity index (χ0v) is 43.0. The number of likely N-dealkylation sites (tertiary alicyclic amines) is 1. The number of cyclic esters (lactones) is 1. The summed E-state index contributed by atoms with van der Waals surface area (Å²) in [5, 5.41) is 5.45. The molecule has 3 aliphatic carbocycles. The molecule has 2 saturated carbocycles. The van der Waals surface area contributed by atoms with Crippen molar-refractivity contribution in [1.29, 1.82) is 0 Å². The van der Waals surface area contributed by atoms with Gasteiger partial charge in [-0.2, -0.15) is 0 Å². The maximum absolute atomic E-state index is 15.4. The zero-order chi connectivity index (χ0) is 49.8. The van der Waals surface area contributed by atoms with Crippen molar-refractivity contribution in [2.45, 2.75) is 110 Å². The lowest BCUT2D eigenvalue weighted by molar-refractivity contribution is -0.160. The molecular weight excluding hydrogens is 905 g/mol. The summed E-state index contributed by atoms with van der Waals surface area (Å²) in [4.78, 5) is 87.0. The molecule has 3 aromatic heterocycles. The third kappa shape index (κ3) is 7.19. The summed E-state index contributed by atoms with van der Waals surface area (Å²) in [5.74, 6) is -1.37. The van der Waals surface area contributed by atoms with Crippen LogP contribution in [-0.2, 0) is 47.2 Å². The number of thiazole rings is 1.